The SMILES string of the molecule is O=C(CSCC(=O)c1ccc(I)cc1)c1ccc(I)cc1. The average molecular weight is 522 g/mol. The van der Waals surface area contributed by atoms with Crippen molar-refractivity contribution in [1.82, 2.24) is 0 Å². The molecule has 0 aliphatic rings. The summed E-state index contributed by atoms with van der Waals surface area (Å²) in [4.78, 5) is 24.0. The van der Waals surface area contributed by atoms with Crippen molar-refractivity contribution in [1.29, 1.82) is 0 Å². The minimum Gasteiger partial charge on any atom is -0.293 e. The van der Waals surface area contributed by atoms with E-state index < -0.39 is 0 Å². The quantitative estimate of drug-likeness (QED) is 0.408. The van der Waals surface area contributed by atoms with E-state index in [1.165, 1.54) is 11.8 Å². The number of ketones is 2. The Morgan fingerprint density at radius 3 is 1.38 bits per heavy atom. The van der Waals surface area contributed by atoms with Crippen LogP contribution in [0.1, 0.15) is 20.7 Å². The van der Waals surface area contributed by atoms with Crippen molar-refractivity contribution in [3.05, 3.63) is 66.8 Å². The Bertz CT molecular complexity index is 579. The predicted octanol–water partition coefficient (Wildman–Crippen LogP) is 4.69. The Hall–Kier alpha value is -0.410. The van der Waals surface area contributed by atoms with Gasteiger partial charge in [0.05, 0.1) is 11.5 Å². The fourth-order valence-electron chi connectivity index (χ4n) is 1.67. The van der Waals surface area contributed by atoms with Crippen LogP contribution in [0.2, 0.25) is 0 Å². The number of Topliss-reactive ketones (excluding diaryl/α,β-unsaturated/α-hetero) is 2. The zero-order valence-electron chi connectivity index (χ0n) is 11.0. The molecule has 0 radical (unpaired) electrons. The molecule has 0 N–H and O–H groups in total. The maximum Gasteiger partial charge on any atom is 0.172 e. The van der Waals surface area contributed by atoms with Crippen LogP contribution in [0.3, 0.4) is 0 Å². The van der Waals surface area contributed by atoms with Gasteiger partial charge in [-0.15, -0.1) is 11.8 Å². The molecule has 2 rings (SSSR count). The summed E-state index contributed by atoms with van der Waals surface area (Å²) < 4.78 is 2.20. The minimum atomic E-state index is 0.0619. The van der Waals surface area contributed by atoms with Crippen molar-refractivity contribution in [3.63, 3.8) is 0 Å². The summed E-state index contributed by atoms with van der Waals surface area (Å²) in [6.45, 7) is 0. The summed E-state index contributed by atoms with van der Waals surface area (Å²) in [6, 6.07) is 14.9. The number of carbonyl (C=O) groups is 2. The molecule has 21 heavy (non-hydrogen) atoms. The molecule has 0 amide bonds. The van der Waals surface area contributed by atoms with Crippen LogP contribution in [0.15, 0.2) is 48.5 Å². The summed E-state index contributed by atoms with van der Waals surface area (Å²) >= 11 is 5.77. The molecule has 0 saturated heterocycles. The van der Waals surface area contributed by atoms with E-state index in [-0.39, 0.29) is 11.6 Å². The number of benzene rings is 2. The first-order valence-corrected chi connectivity index (χ1v) is 9.53. The van der Waals surface area contributed by atoms with Gasteiger partial charge in [-0.25, -0.2) is 0 Å². The van der Waals surface area contributed by atoms with E-state index in [9.17, 15) is 9.59 Å². The Morgan fingerprint density at radius 1 is 0.714 bits per heavy atom. The molecule has 2 aromatic carbocycles. The first kappa shape index (κ1) is 17.0. The molecule has 0 fully saturated rings. The number of thioether (sulfide) groups is 1. The van der Waals surface area contributed by atoms with E-state index in [4.69, 9.17) is 0 Å². The Balaban J connectivity index is 1.83. The van der Waals surface area contributed by atoms with Gasteiger partial charge in [0.15, 0.2) is 11.6 Å². The molecule has 2 aromatic rings. The van der Waals surface area contributed by atoms with Crippen LogP contribution < -0.4 is 0 Å². The van der Waals surface area contributed by atoms with Crippen molar-refractivity contribution < 1.29 is 9.59 Å². The van der Waals surface area contributed by atoms with E-state index in [1.807, 2.05) is 48.5 Å². The molecule has 0 heterocycles. The van der Waals surface area contributed by atoms with Crippen LogP contribution in [0, 0.1) is 7.14 Å². The molecule has 0 unspecified atom stereocenters. The molecular weight excluding hydrogens is 510 g/mol. The van der Waals surface area contributed by atoms with Gasteiger partial charge in [0.25, 0.3) is 0 Å². The van der Waals surface area contributed by atoms with Gasteiger partial charge in [-0.3, -0.25) is 9.59 Å². The smallest absolute Gasteiger partial charge is 0.172 e. The second-order valence-corrected chi connectivity index (χ2v) is 7.83. The summed E-state index contributed by atoms with van der Waals surface area (Å²) in [7, 11) is 0. The van der Waals surface area contributed by atoms with Crippen LogP contribution in [0.5, 0.6) is 0 Å². The molecule has 5 heteroatoms. The van der Waals surface area contributed by atoms with E-state index in [0.29, 0.717) is 22.6 Å². The maximum atomic E-state index is 12.0. The highest BCUT2D eigenvalue weighted by atomic mass is 127. The zero-order chi connectivity index (χ0) is 15.2. The fourth-order valence-corrected chi connectivity index (χ4v) is 3.20. The van der Waals surface area contributed by atoms with Crippen LogP contribution in [-0.2, 0) is 0 Å². The van der Waals surface area contributed by atoms with Crippen molar-refractivity contribution in [3.8, 4) is 0 Å². The summed E-state index contributed by atoms with van der Waals surface area (Å²) in [5.41, 5.74) is 1.40. The third-order valence-corrected chi connectivity index (χ3v) is 5.17. The van der Waals surface area contributed by atoms with Gasteiger partial charge in [-0.2, -0.15) is 0 Å². The molecule has 0 aromatic heterocycles. The lowest BCUT2D eigenvalue weighted by molar-refractivity contribution is 0.102. The van der Waals surface area contributed by atoms with Gasteiger partial charge < -0.3 is 0 Å². The Labute approximate surface area is 155 Å². The molecule has 2 nitrogen and oxygen atoms in total. The third kappa shape index (κ3) is 5.37. The van der Waals surface area contributed by atoms with E-state index in [2.05, 4.69) is 45.2 Å². The Morgan fingerprint density at radius 2 is 1.05 bits per heavy atom. The van der Waals surface area contributed by atoms with Gasteiger partial charge in [0, 0.05) is 18.3 Å². The Kier molecular flexibility index (Phi) is 6.69. The molecule has 0 bridgehead atoms. The van der Waals surface area contributed by atoms with Crippen molar-refractivity contribution in [2.75, 3.05) is 11.5 Å². The van der Waals surface area contributed by atoms with Gasteiger partial charge in [0.2, 0.25) is 0 Å². The molecule has 0 aliphatic heterocycles. The van der Waals surface area contributed by atoms with E-state index in [0.717, 1.165) is 7.14 Å². The van der Waals surface area contributed by atoms with Crippen molar-refractivity contribution in [2.45, 2.75) is 0 Å². The monoisotopic (exact) mass is 522 g/mol. The van der Waals surface area contributed by atoms with Crippen LogP contribution in [0.4, 0.5) is 0 Å². The van der Waals surface area contributed by atoms with Crippen molar-refractivity contribution >= 4 is 68.5 Å². The van der Waals surface area contributed by atoms with Gasteiger partial charge >= 0.3 is 0 Å². The summed E-state index contributed by atoms with van der Waals surface area (Å²) in [5.74, 6) is 0.784. The first-order chi connectivity index (χ1) is 10.1. The summed E-state index contributed by atoms with van der Waals surface area (Å²) in [5, 5.41) is 0. The highest BCUT2D eigenvalue weighted by Gasteiger charge is 2.09. The first-order valence-electron chi connectivity index (χ1n) is 6.21. The number of halogens is 2. The lowest BCUT2D eigenvalue weighted by Gasteiger charge is -2.03. The molecule has 0 aliphatic carbocycles. The maximum absolute atomic E-state index is 12.0. The minimum absolute atomic E-state index is 0.0619. The molecular formula is C16H12I2O2S. The number of rotatable bonds is 6. The van der Waals surface area contributed by atoms with Crippen LogP contribution >= 0.6 is 56.9 Å². The molecule has 0 saturated carbocycles. The lowest BCUT2D eigenvalue weighted by atomic mass is 10.1. The highest BCUT2D eigenvalue weighted by molar-refractivity contribution is 14.1. The van der Waals surface area contributed by atoms with Gasteiger partial charge in [0.1, 0.15) is 0 Å². The topological polar surface area (TPSA) is 34.1 Å². The normalized spacial score (nSPS) is 10.4. The fraction of sp³-hybridized carbons (Fsp3) is 0.125. The van der Waals surface area contributed by atoms with Gasteiger partial charge in [-0.1, -0.05) is 24.3 Å². The lowest BCUT2D eigenvalue weighted by Crippen LogP contribution is -2.07. The molecule has 108 valence electrons. The number of hydrogen-bond acceptors (Lipinski definition) is 3. The van der Waals surface area contributed by atoms with E-state index in [1.54, 1.807) is 0 Å². The number of hydrogen-bond donors (Lipinski definition) is 0. The average Bonchev–Trinajstić information content (AvgIpc) is 2.48. The van der Waals surface area contributed by atoms with Crippen molar-refractivity contribution in [2.24, 2.45) is 0 Å². The van der Waals surface area contributed by atoms with Crippen LogP contribution in [-0.4, -0.2) is 23.1 Å². The standard InChI is InChI=1S/C16H12I2O2S/c17-13-5-1-11(2-6-13)15(19)9-21-10-16(20)12-3-7-14(18)8-4-12/h1-8H,9-10H2. The third-order valence-electron chi connectivity index (χ3n) is 2.80. The molecule has 0 atom stereocenters. The largest absolute Gasteiger partial charge is 0.293 e. The van der Waals surface area contributed by atoms with Gasteiger partial charge in [-0.05, 0) is 69.4 Å². The zero-order valence-corrected chi connectivity index (χ0v) is 16.1. The van der Waals surface area contributed by atoms with E-state index >= 15 is 0 Å². The highest BCUT2D eigenvalue weighted by Crippen LogP contribution is 2.13. The second kappa shape index (κ2) is 8.28. The second-order valence-electron chi connectivity index (χ2n) is 4.35. The predicted molar refractivity (Wildman–Crippen MR) is 104 cm³/mol. The number of carbonyl (C=O) groups excluding carboxylic acids is 2. The molecule has 0 spiro atoms. The van der Waals surface area contributed by atoms with Crippen LogP contribution in [0.25, 0.3) is 0 Å². The summed E-state index contributed by atoms with van der Waals surface area (Å²) in [6.07, 6.45) is 0.